The fraction of sp³-hybridized carbons (Fsp3) is 0. The number of fused-ring (bicyclic) bond motifs is 1. The monoisotopic (exact) mass is 441 g/mol. The summed E-state index contributed by atoms with van der Waals surface area (Å²) in [6.07, 6.45) is 0. The van der Waals surface area contributed by atoms with Gasteiger partial charge in [0.2, 0.25) is 5.88 Å². The van der Waals surface area contributed by atoms with Crippen molar-refractivity contribution in [3.05, 3.63) is 46.0 Å². The average Bonchev–Trinajstić information content (AvgIpc) is 2.81. The molecule has 0 atom stereocenters. The Balaban J connectivity index is 1.99. The third kappa shape index (κ3) is 3.21. The van der Waals surface area contributed by atoms with E-state index in [0.717, 1.165) is 14.5 Å². The quantitative estimate of drug-likeness (QED) is 0.475. The minimum Gasteiger partial charge on any atom is -0.493 e. The van der Waals surface area contributed by atoms with Gasteiger partial charge in [0.25, 0.3) is 10.0 Å². The highest BCUT2D eigenvalue weighted by atomic mass is 127. The van der Waals surface area contributed by atoms with Gasteiger partial charge < -0.3 is 10.1 Å². The third-order valence-corrected chi connectivity index (χ3v) is 4.93. The van der Waals surface area contributed by atoms with Crippen molar-refractivity contribution in [3.63, 3.8) is 0 Å². The van der Waals surface area contributed by atoms with Crippen molar-refractivity contribution in [2.24, 2.45) is 10.2 Å². The summed E-state index contributed by atoms with van der Waals surface area (Å²) in [5, 5.41) is 25.8. The van der Waals surface area contributed by atoms with Gasteiger partial charge in [0.15, 0.2) is 5.69 Å². The van der Waals surface area contributed by atoms with Crippen molar-refractivity contribution in [3.8, 4) is 5.88 Å². The number of benzene rings is 2. The van der Waals surface area contributed by atoms with Crippen molar-refractivity contribution < 1.29 is 13.5 Å². The molecule has 0 bridgehead atoms. The minimum atomic E-state index is -3.99. The SMILES string of the molecule is [NH]S(=O)(=O)c1ccc(N=Nc2c(O)[nH]c3cccc(I)c23)cc1. The van der Waals surface area contributed by atoms with Crippen LogP contribution in [0, 0.1) is 3.57 Å². The molecule has 0 saturated carbocycles. The van der Waals surface area contributed by atoms with E-state index in [-0.39, 0.29) is 10.8 Å². The molecule has 3 N–H and O–H groups in total. The van der Waals surface area contributed by atoms with E-state index < -0.39 is 10.0 Å². The molecule has 0 aliphatic rings. The number of aromatic hydroxyl groups is 1. The van der Waals surface area contributed by atoms with Crippen LogP contribution in [0.3, 0.4) is 0 Å². The van der Waals surface area contributed by atoms with E-state index in [1.165, 1.54) is 24.3 Å². The number of azo groups is 1. The summed E-state index contributed by atoms with van der Waals surface area (Å²) in [7, 11) is -3.99. The van der Waals surface area contributed by atoms with Gasteiger partial charge in [-0.05, 0) is 59.0 Å². The zero-order valence-electron chi connectivity index (χ0n) is 11.5. The van der Waals surface area contributed by atoms with Crippen LogP contribution >= 0.6 is 22.6 Å². The first-order valence-corrected chi connectivity index (χ1v) is 8.93. The zero-order valence-corrected chi connectivity index (χ0v) is 14.5. The third-order valence-electron chi connectivity index (χ3n) is 3.14. The first-order valence-electron chi connectivity index (χ1n) is 6.37. The molecule has 3 rings (SSSR count). The normalized spacial score (nSPS) is 12.3. The second-order valence-corrected chi connectivity index (χ2v) is 7.32. The Bertz CT molecular complexity index is 1010. The van der Waals surface area contributed by atoms with E-state index in [9.17, 15) is 13.5 Å². The van der Waals surface area contributed by atoms with Crippen LogP contribution in [0.1, 0.15) is 0 Å². The standard InChI is InChI=1S/C14H10IN4O3S/c15-10-2-1-3-11-12(10)13(14(20)17-11)19-18-8-4-6-9(7-5-8)23(16,21)22/h1-7,16-17,20H. The molecule has 0 fully saturated rings. The molecule has 0 saturated heterocycles. The molecule has 0 unspecified atom stereocenters. The number of hydrogen-bond donors (Lipinski definition) is 2. The molecule has 1 radical (unpaired) electrons. The maximum absolute atomic E-state index is 11.1. The second-order valence-electron chi connectivity index (χ2n) is 4.68. The van der Waals surface area contributed by atoms with Crippen LogP contribution in [0.4, 0.5) is 11.4 Å². The Morgan fingerprint density at radius 2 is 1.78 bits per heavy atom. The lowest BCUT2D eigenvalue weighted by atomic mass is 10.2. The molecule has 2 aromatic carbocycles. The number of aromatic nitrogens is 1. The fourth-order valence-electron chi connectivity index (χ4n) is 2.07. The number of nitrogens with zero attached hydrogens (tertiary/aromatic N) is 2. The van der Waals surface area contributed by atoms with Gasteiger partial charge in [-0.1, -0.05) is 6.07 Å². The van der Waals surface area contributed by atoms with Gasteiger partial charge in [0, 0.05) is 8.96 Å². The van der Waals surface area contributed by atoms with Crippen LogP contribution in [0.25, 0.3) is 10.9 Å². The van der Waals surface area contributed by atoms with E-state index in [2.05, 4.69) is 37.8 Å². The molecular weight excluding hydrogens is 431 g/mol. The Kier molecular flexibility index (Phi) is 4.08. The van der Waals surface area contributed by atoms with Gasteiger partial charge in [-0.25, -0.2) is 8.42 Å². The number of rotatable bonds is 3. The van der Waals surface area contributed by atoms with E-state index in [1.54, 1.807) is 0 Å². The average molecular weight is 441 g/mol. The maximum atomic E-state index is 11.1. The highest BCUT2D eigenvalue weighted by Crippen LogP contribution is 2.38. The van der Waals surface area contributed by atoms with Gasteiger partial charge >= 0.3 is 0 Å². The zero-order chi connectivity index (χ0) is 16.6. The molecule has 7 nitrogen and oxygen atoms in total. The molecule has 0 aliphatic heterocycles. The number of aromatic amines is 1. The van der Waals surface area contributed by atoms with Crippen LogP contribution in [0.5, 0.6) is 5.88 Å². The highest BCUT2D eigenvalue weighted by Gasteiger charge is 2.13. The first-order chi connectivity index (χ1) is 10.9. The minimum absolute atomic E-state index is 0.0850. The van der Waals surface area contributed by atoms with Gasteiger partial charge in [-0.3, -0.25) is 0 Å². The highest BCUT2D eigenvalue weighted by molar-refractivity contribution is 14.1. The molecule has 9 heteroatoms. The number of hydrogen-bond acceptors (Lipinski definition) is 5. The van der Waals surface area contributed by atoms with Crippen LogP contribution in [-0.4, -0.2) is 18.5 Å². The molecule has 117 valence electrons. The fourth-order valence-corrected chi connectivity index (χ4v) is 3.32. The smallest absolute Gasteiger partial charge is 0.254 e. The number of H-pyrrole nitrogens is 1. The summed E-state index contributed by atoms with van der Waals surface area (Å²) in [4.78, 5) is 2.72. The van der Waals surface area contributed by atoms with Gasteiger partial charge in [-0.15, -0.1) is 10.3 Å². The summed E-state index contributed by atoms with van der Waals surface area (Å²) in [5.74, 6) is -0.0850. The predicted molar refractivity (Wildman–Crippen MR) is 93.6 cm³/mol. The van der Waals surface area contributed by atoms with Crippen molar-refractivity contribution in [2.75, 3.05) is 0 Å². The Morgan fingerprint density at radius 1 is 1.09 bits per heavy atom. The van der Waals surface area contributed by atoms with Crippen LogP contribution in [0.15, 0.2) is 57.6 Å². The predicted octanol–water partition coefficient (Wildman–Crippen LogP) is 3.87. The molecule has 23 heavy (non-hydrogen) atoms. The van der Waals surface area contributed by atoms with E-state index in [4.69, 9.17) is 5.14 Å². The first kappa shape index (κ1) is 15.9. The molecule has 3 aromatic rings. The van der Waals surface area contributed by atoms with Crippen LogP contribution in [-0.2, 0) is 10.0 Å². The summed E-state index contributed by atoms with van der Waals surface area (Å²) < 4.78 is 23.1. The number of nitrogens with one attached hydrogen (secondary N) is 2. The number of sulfonamides is 1. The summed E-state index contributed by atoms with van der Waals surface area (Å²) in [6.45, 7) is 0. The lowest BCUT2D eigenvalue weighted by Gasteiger charge is -1.98. The number of halogens is 1. The van der Waals surface area contributed by atoms with Gasteiger partial charge in [0.05, 0.1) is 16.1 Å². The largest absolute Gasteiger partial charge is 0.493 e. The summed E-state index contributed by atoms with van der Waals surface area (Å²) in [6, 6.07) is 11.0. The van der Waals surface area contributed by atoms with Gasteiger partial charge in [-0.2, -0.15) is 5.11 Å². The van der Waals surface area contributed by atoms with Crippen LogP contribution < -0.4 is 5.14 Å². The van der Waals surface area contributed by atoms with Gasteiger partial charge in [0.1, 0.15) is 0 Å². The Hall–Kier alpha value is -1.98. The topological polar surface area (TPSA) is 119 Å². The molecule has 0 aliphatic carbocycles. The van der Waals surface area contributed by atoms with E-state index in [0.29, 0.717) is 11.4 Å². The molecule has 1 heterocycles. The lowest BCUT2D eigenvalue weighted by molar-refractivity contribution is 0.459. The molecule has 1 aromatic heterocycles. The van der Waals surface area contributed by atoms with E-state index >= 15 is 0 Å². The Morgan fingerprint density at radius 3 is 2.43 bits per heavy atom. The summed E-state index contributed by atoms with van der Waals surface area (Å²) in [5.41, 5.74) is 1.48. The Labute approximate surface area is 145 Å². The van der Waals surface area contributed by atoms with Crippen molar-refractivity contribution >= 4 is 54.9 Å². The van der Waals surface area contributed by atoms with Crippen molar-refractivity contribution in [2.45, 2.75) is 4.90 Å². The summed E-state index contributed by atoms with van der Waals surface area (Å²) >= 11 is 2.14. The molecule has 0 spiro atoms. The molecular formula is C14H10IN4O3S. The van der Waals surface area contributed by atoms with E-state index in [1.807, 2.05) is 18.2 Å². The van der Waals surface area contributed by atoms with Crippen LogP contribution in [0.2, 0.25) is 0 Å². The lowest BCUT2D eigenvalue weighted by Crippen LogP contribution is -1.99. The second kappa shape index (κ2) is 5.91. The maximum Gasteiger partial charge on any atom is 0.254 e. The van der Waals surface area contributed by atoms with Crippen molar-refractivity contribution in [1.29, 1.82) is 0 Å². The molecule has 0 amide bonds. The van der Waals surface area contributed by atoms with Crippen molar-refractivity contribution in [1.82, 2.24) is 10.1 Å².